The topological polar surface area (TPSA) is 80.3 Å². The number of carbonyl (C=O) groups excluding carboxylic acids is 2. The van der Waals surface area contributed by atoms with Gasteiger partial charge in [0.2, 0.25) is 0 Å². The van der Waals surface area contributed by atoms with Crippen molar-refractivity contribution in [2.45, 2.75) is 0 Å². The van der Waals surface area contributed by atoms with Gasteiger partial charge in [0.1, 0.15) is 0 Å². The van der Waals surface area contributed by atoms with Crippen molar-refractivity contribution in [2.24, 2.45) is 0 Å². The third kappa shape index (κ3) is 6.89. The first kappa shape index (κ1) is 22.0. The molecule has 0 aromatic heterocycles. The van der Waals surface area contributed by atoms with E-state index in [2.05, 4.69) is 0 Å². The SMILES string of the molecule is Cl.O=C([O-])c1ccccc1C(=O)[O-].[K+].[K+]. The smallest absolute Gasteiger partial charge is 0.545 e. The number of carboxylic acids is 2. The summed E-state index contributed by atoms with van der Waals surface area (Å²) in [6, 6.07) is 5.14. The van der Waals surface area contributed by atoms with E-state index < -0.39 is 11.9 Å². The number of hydrogen-bond donors (Lipinski definition) is 0. The largest absolute Gasteiger partial charge is 1.00 e. The maximum Gasteiger partial charge on any atom is 1.00 e. The number of rotatable bonds is 2. The number of aromatic carboxylic acids is 2. The van der Waals surface area contributed by atoms with E-state index in [1.165, 1.54) is 12.1 Å². The average Bonchev–Trinajstić information content (AvgIpc) is 2.04. The number of carboxylic acid groups (broad SMARTS) is 2. The van der Waals surface area contributed by atoms with Crippen LogP contribution >= 0.6 is 12.4 Å². The van der Waals surface area contributed by atoms with Gasteiger partial charge in [-0.15, -0.1) is 12.4 Å². The fourth-order valence-corrected chi connectivity index (χ4v) is 0.839. The summed E-state index contributed by atoms with van der Waals surface area (Å²) in [5.74, 6) is -3.04. The predicted octanol–water partition coefficient (Wildman–Crippen LogP) is -7.16. The van der Waals surface area contributed by atoms with Gasteiger partial charge in [0.05, 0.1) is 11.9 Å². The van der Waals surface area contributed by atoms with Crippen molar-refractivity contribution in [3.05, 3.63) is 35.4 Å². The molecule has 0 heterocycles. The summed E-state index contributed by atoms with van der Waals surface area (Å²) in [6.07, 6.45) is 0. The van der Waals surface area contributed by atoms with Crippen molar-refractivity contribution in [1.82, 2.24) is 0 Å². The molecule has 1 aromatic carbocycles. The number of hydrogen-bond acceptors (Lipinski definition) is 4. The molecule has 0 atom stereocenters. The third-order valence-corrected chi connectivity index (χ3v) is 1.37. The molecule has 15 heavy (non-hydrogen) atoms. The molecule has 0 fully saturated rings. The first-order valence-corrected chi connectivity index (χ1v) is 3.14. The molecule has 0 aliphatic heterocycles. The minimum atomic E-state index is -1.52. The van der Waals surface area contributed by atoms with Gasteiger partial charge in [0.25, 0.3) is 0 Å². The monoisotopic (exact) mass is 278 g/mol. The molecule has 0 N–H and O–H groups in total. The van der Waals surface area contributed by atoms with Crippen molar-refractivity contribution in [2.75, 3.05) is 0 Å². The van der Waals surface area contributed by atoms with Gasteiger partial charge >= 0.3 is 103 Å². The van der Waals surface area contributed by atoms with Gasteiger partial charge in [-0.1, -0.05) is 24.3 Å². The number of carbonyl (C=O) groups is 2. The van der Waals surface area contributed by atoms with Gasteiger partial charge in [0, 0.05) is 11.1 Å². The molecule has 1 rings (SSSR count). The van der Waals surface area contributed by atoms with Crippen molar-refractivity contribution in [1.29, 1.82) is 0 Å². The van der Waals surface area contributed by atoms with Gasteiger partial charge in [-0.05, 0) is 0 Å². The molecule has 0 saturated carbocycles. The first-order chi connectivity index (χ1) is 5.63. The zero-order valence-corrected chi connectivity index (χ0v) is 15.4. The van der Waals surface area contributed by atoms with Gasteiger partial charge < -0.3 is 19.8 Å². The van der Waals surface area contributed by atoms with Gasteiger partial charge in [0.15, 0.2) is 0 Å². The molecule has 7 heteroatoms. The van der Waals surface area contributed by atoms with Crippen LogP contribution in [0, 0.1) is 0 Å². The van der Waals surface area contributed by atoms with Crippen LogP contribution in [0.25, 0.3) is 0 Å². The summed E-state index contributed by atoms with van der Waals surface area (Å²) in [6.45, 7) is 0. The minimum Gasteiger partial charge on any atom is -0.545 e. The van der Waals surface area contributed by atoms with Crippen LogP contribution in [0.4, 0.5) is 0 Å². The van der Waals surface area contributed by atoms with Crippen molar-refractivity contribution >= 4 is 24.3 Å². The second kappa shape index (κ2) is 10.9. The van der Waals surface area contributed by atoms with E-state index in [1.54, 1.807) is 0 Å². The second-order valence-electron chi connectivity index (χ2n) is 2.12. The van der Waals surface area contributed by atoms with Crippen LogP contribution in [-0.2, 0) is 0 Å². The van der Waals surface area contributed by atoms with Crippen LogP contribution in [0.3, 0.4) is 0 Å². The quantitative estimate of drug-likeness (QED) is 0.504. The molecular weight excluding hydrogens is 274 g/mol. The van der Waals surface area contributed by atoms with E-state index in [1.807, 2.05) is 0 Å². The molecule has 0 unspecified atom stereocenters. The number of benzene rings is 1. The van der Waals surface area contributed by atoms with Gasteiger partial charge in [-0.3, -0.25) is 0 Å². The number of halogens is 1. The maximum absolute atomic E-state index is 10.3. The van der Waals surface area contributed by atoms with Gasteiger partial charge in [-0.2, -0.15) is 0 Å². The zero-order chi connectivity index (χ0) is 9.14. The minimum absolute atomic E-state index is 0. The van der Waals surface area contributed by atoms with Crippen LogP contribution in [0.1, 0.15) is 20.7 Å². The van der Waals surface area contributed by atoms with E-state index in [9.17, 15) is 19.8 Å². The molecule has 0 spiro atoms. The first-order valence-electron chi connectivity index (χ1n) is 3.14. The summed E-state index contributed by atoms with van der Waals surface area (Å²) in [5, 5.41) is 20.6. The summed E-state index contributed by atoms with van der Waals surface area (Å²) in [5.41, 5.74) is -0.727. The predicted molar refractivity (Wildman–Crippen MR) is 42.4 cm³/mol. The molecule has 0 radical (unpaired) electrons. The Bertz CT molecular complexity index is 310. The Morgan fingerprint density at radius 2 is 1.13 bits per heavy atom. The molecule has 0 saturated heterocycles. The summed E-state index contributed by atoms with van der Waals surface area (Å²) >= 11 is 0. The molecule has 0 aliphatic carbocycles. The second-order valence-corrected chi connectivity index (χ2v) is 2.12. The van der Waals surface area contributed by atoms with Crippen LogP contribution in [0.2, 0.25) is 0 Å². The molecular formula is C8H5ClK2O4. The van der Waals surface area contributed by atoms with Gasteiger partial charge in [-0.25, -0.2) is 0 Å². The normalized spacial score (nSPS) is 7.47. The zero-order valence-electron chi connectivity index (χ0n) is 8.35. The average molecular weight is 279 g/mol. The Balaban J connectivity index is -0.000000480. The molecule has 70 valence electrons. The van der Waals surface area contributed by atoms with E-state index in [-0.39, 0.29) is 126 Å². The molecule has 0 bridgehead atoms. The Labute approximate surface area is 178 Å². The standard InChI is InChI=1S/C8H6O4.ClH.2K/c9-7(10)5-3-1-2-4-6(5)8(11)12;;;/h1-4H,(H,9,10)(H,11,12);1H;;/q;;2*+1/p-2. The fraction of sp³-hybridized carbons (Fsp3) is 0. The molecule has 4 nitrogen and oxygen atoms in total. The van der Waals surface area contributed by atoms with Crippen LogP contribution in [0.15, 0.2) is 24.3 Å². The van der Waals surface area contributed by atoms with Crippen molar-refractivity contribution in [3.8, 4) is 0 Å². The van der Waals surface area contributed by atoms with Crippen LogP contribution in [0.5, 0.6) is 0 Å². The Morgan fingerprint density at radius 3 is 1.33 bits per heavy atom. The van der Waals surface area contributed by atoms with E-state index in [0.717, 1.165) is 12.1 Å². The summed E-state index contributed by atoms with van der Waals surface area (Å²) < 4.78 is 0. The fourth-order valence-electron chi connectivity index (χ4n) is 0.839. The Morgan fingerprint density at radius 1 is 0.867 bits per heavy atom. The Kier molecular flexibility index (Phi) is 15.9. The summed E-state index contributed by atoms with van der Waals surface area (Å²) in [4.78, 5) is 20.6. The van der Waals surface area contributed by atoms with E-state index in [4.69, 9.17) is 0 Å². The third-order valence-electron chi connectivity index (χ3n) is 1.37. The van der Waals surface area contributed by atoms with Crippen molar-refractivity contribution < 1.29 is 123 Å². The van der Waals surface area contributed by atoms with Crippen molar-refractivity contribution in [3.63, 3.8) is 0 Å². The molecule has 0 aliphatic rings. The summed E-state index contributed by atoms with van der Waals surface area (Å²) in [7, 11) is 0. The van der Waals surface area contributed by atoms with Crippen LogP contribution in [-0.4, -0.2) is 11.9 Å². The molecule has 1 aromatic rings. The maximum atomic E-state index is 10.3. The Hall–Kier alpha value is 1.72. The van der Waals surface area contributed by atoms with Crippen LogP contribution < -0.4 is 113 Å². The molecule has 0 amide bonds. The van der Waals surface area contributed by atoms with E-state index >= 15 is 0 Å². The van der Waals surface area contributed by atoms with E-state index in [0.29, 0.717) is 0 Å².